The van der Waals surface area contributed by atoms with Crippen molar-refractivity contribution in [3.8, 4) is 0 Å². The maximum atomic E-state index is 12.7. The Balaban J connectivity index is 1.54. The van der Waals surface area contributed by atoms with Crippen LogP contribution in [0.2, 0.25) is 0 Å². The summed E-state index contributed by atoms with van der Waals surface area (Å²) in [5.74, 6) is 0.309. The van der Waals surface area contributed by atoms with Gasteiger partial charge in [0.2, 0.25) is 5.91 Å². The zero-order valence-electron chi connectivity index (χ0n) is 12.5. The first-order valence-corrected chi connectivity index (χ1v) is 8.63. The molecule has 4 rings (SSSR count). The summed E-state index contributed by atoms with van der Waals surface area (Å²) in [5, 5.41) is 12.8. The van der Waals surface area contributed by atoms with Gasteiger partial charge >= 0.3 is 0 Å². The van der Waals surface area contributed by atoms with Crippen molar-refractivity contribution >= 4 is 33.7 Å². The van der Waals surface area contributed by atoms with Crippen molar-refractivity contribution in [2.24, 2.45) is 5.92 Å². The molecule has 3 aromatic rings. The lowest BCUT2D eigenvalue weighted by Crippen LogP contribution is -2.27. The fourth-order valence-electron chi connectivity index (χ4n) is 3.19. The van der Waals surface area contributed by atoms with Crippen LogP contribution in [0.3, 0.4) is 0 Å². The van der Waals surface area contributed by atoms with Crippen molar-refractivity contribution in [2.45, 2.75) is 5.92 Å². The highest BCUT2D eigenvalue weighted by Crippen LogP contribution is 2.30. The molecule has 0 spiro atoms. The molecule has 4 nitrogen and oxygen atoms in total. The number of carbonyl (C=O) groups is 1. The predicted molar refractivity (Wildman–Crippen MR) is 93.8 cm³/mol. The maximum Gasteiger partial charge on any atom is 0.229 e. The maximum absolute atomic E-state index is 12.7. The Morgan fingerprint density at radius 3 is 3.04 bits per heavy atom. The van der Waals surface area contributed by atoms with Crippen LogP contribution in [0, 0.1) is 5.92 Å². The molecular weight excluding hydrogens is 306 g/mol. The number of rotatable bonds is 3. The summed E-state index contributed by atoms with van der Waals surface area (Å²) in [7, 11) is 0. The van der Waals surface area contributed by atoms with Gasteiger partial charge in [0.25, 0.3) is 0 Å². The molecule has 2 atom stereocenters. The van der Waals surface area contributed by atoms with E-state index in [4.69, 9.17) is 0 Å². The van der Waals surface area contributed by atoms with Gasteiger partial charge in [-0.25, -0.2) is 0 Å². The number of carbonyl (C=O) groups excluding carboxylic acids is 1. The van der Waals surface area contributed by atoms with Crippen molar-refractivity contribution in [1.29, 1.82) is 0 Å². The number of nitrogens with one attached hydrogen (secondary N) is 2. The van der Waals surface area contributed by atoms with Gasteiger partial charge in [0, 0.05) is 42.5 Å². The molecule has 1 fully saturated rings. The first-order chi connectivity index (χ1) is 11.3. The summed E-state index contributed by atoms with van der Waals surface area (Å²) in [5.41, 5.74) is 2.09. The van der Waals surface area contributed by atoms with E-state index >= 15 is 0 Å². The van der Waals surface area contributed by atoms with E-state index in [1.165, 1.54) is 5.56 Å². The number of aromatic nitrogens is 1. The second-order valence-electron chi connectivity index (χ2n) is 5.85. The number of hydrogen-bond acceptors (Lipinski definition) is 4. The Morgan fingerprint density at radius 1 is 1.22 bits per heavy atom. The number of anilines is 1. The van der Waals surface area contributed by atoms with Gasteiger partial charge in [-0.2, -0.15) is 11.3 Å². The molecule has 0 radical (unpaired) electrons. The lowest BCUT2D eigenvalue weighted by molar-refractivity contribution is -0.119. The average molecular weight is 323 g/mol. The molecule has 5 heteroatoms. The number of fused-ring (bicyclic) bond motifs is 1. The van der Waals surface area contributed by atoms with E-state index < -0.39 is 0 Å². The van der Waals surface area contributed by atoms with Crippen LogP contribution in [0.1, 0.15) is 11.5 Å². The van der Waals surface area contributed by atoms with E-state index in [0.29, 0.717) is 0 Å². The van der Waals surface area contributed by atoms with Crippen LogP contribution in [0.15, 0.2) is 53.5 Å². The Bertz CT molecular complexity index is 831. The quantitative estimate of drug-likeness (QED) is 0.778. The topological polar surface area (TPSA) is 54.0 Å². The van der Waals surface area contributed by atoms with Crippen LogP contribution < -0.4 is 10.6 Å². The Labute approximate surface area is 138 Å². The molecule has 0 aliphatic carbocycles. The normalized spacial score (nSPS) is 20.7. The summed E-state index contributed by atoms with van der Waals surface area (Å²) >= 11 is 1.68. The zero-order valence-corrected chi connectivity index (χ0v) is 13.3. The van der Waals surface area contributed by atoms with Gasteiger partial charge in [-0.05, 0) is 46.0 Å². The van der Waals surface area contributed by atoms with Gasteiger partial charge in [-0.3, -0.25) is 9.78 Å². The second-order valence-corrected chi connectivity index (χ2v) is 6.63. The summed E-state index contributed by atoms with van der Waals surface area (Å²) in [6, 6.07) is 9.99. The van der Waals surface area contributed by atoms with Gasteiger partial charge in [-0.1, -0.05) is 6.07 Å². The number of thiophene rings is 1. The number of amides is 1. The summed E-state index contributed by atoms with van der Waals surface area (Å²) in [6.07, 6.45) is 3.59. The monoisotopic (exact) mass is 323 g/mol. The summed E-state index contributed by atoms with van der Waals surface area (Å²) in [6.45, 7) is 1.59. The van der Waals surface area contributed by atoms with Crippen molar-refractivity contribution in [1.82, 2.24) is 10.3 Å². The molecule has 0 bridgehead atoms. The molecule has 1 amide bonds. The average Bonchev–Trinajstić information content (AvgIpc) is 3.25. The van der Waals surface area contributed by atoms with Crippen LogP contribution in [0.5, 0.6) is 0 Å². The second kappa shape index (κ2) is 6.10. The minimum absolute atomic E-state index is 0.0299. The molecule has 1 saturated heterocycles. The molecule has 3 heterocycles. The molecule has 1 aromatic carbocycles. The standard InChI is InChI=1S/C18H17N3OS/c22-18(17-10-20-9-16(17)14-4-6-23-11-14)21-15-2-1-13-8-19-5-3-12(13)7-15/h1-8,11,16-17,20H,9-10H2,(H,21,22)/t16-,17+/m1/s1. The lowest BCUT2D eigenvalue weighted by atomic mass is 9.90. The van der Waals surface area contributed by atoms with Gasteiger partial charge in [0.05, 0.1) is 5.92 Å². The third-order valence-corrected chi connectivity index (χ3v) is 5.13. The molecular formula is C18H17N3OS. The molecule has 2 N–H and O–H groups in total. The number of nitrogens with zero attached hydrogens (tertiary/aromatic N) is 1. The highest BCUT2D eigenvalue weighted by atomic mass is 32.1. The van der Waals surface area contributed by atoms with Gasteiger partial charge in [0.1, 0.15) is 0 Å². The Morgan fingerprint density at radius 2 is 2.17 bits per heavy atom. The summed E-state index contributed by atoms with van der Waals surface area (Å²) < 4.78 is 0. The first kappa shape index (κ1) is 14.4. The van der Waals surface area contributed by atoms with Gasteiger partial charge < -0.3 is 10.6 Å². The minimum Gasteiger partial charge on any atom is -0.326 e. The molecule has 0 saturated carbocycles. The molecule has 116 valence electrons. The molecule has 23 heavy (non-hydrogen) atoms. The highest BCUT2D eigenvalue weighted by Gasteiger charge is 2.34. The molecule has 1 aliphatic rings. The lowest BCUT2D eigenvalue weighted by Gasteiger charge is -2.17. The summed E-state index contributed by atoms with van der Waals surface area (Å²) in [4.78, 5) is 16.8. The van der Waals surface area contributed by atoms with E-state index in [1.807, 2.05) is 30.5 Å². The highest BCUT2D eigenvalue weighted by molar-refractivity contribution is 7.08. The van der Waals surface area contributed by atoms with E-state index in [-0.39, 0.29) is 17.7 Å². The fourth-order valence-corrected chi connectivity index (χ4v) is 3.91. The smallest absolute Gasteiger partial charge is 0.229 e. The van der Waals surface area contributed by atoms with E-state index in [0.717, 1.165) is 29.5 Å². The fraction of sp³-hybridized carbons (Fsp3) is 0.222. The third-order valence-electron chi connectivity index (χ3n) is 4.43. The predicted octanol–water partition coefficient (Wildman–Crippen LogP) is 3.24. The molecule has 0 unspecified atom stereocenters. The SMILES string of the molecule is O=C(Nc1ccc2cnccc2c1)[C@H]1CNC[C@@H]1c1ccsc1. The molecule has 2 aromatic heterocycles. The first-order valence-electron chi connectivity index (χ1n) is 7.69. The van der Waals surface area contributed by atoms with E-state index in [1.54, 1.807) is 17.5 Å². The third kappa shape index (κ3) is 2.85. The Hall–Kier alpha value is -2.24. The van der Waals surface area contributed by atoms with Crippen molar-refractivity contribution < 1.29 is 4.79 Å². The molecule has 1 aliphatic heterocycles. The van der Waals surface area contributed by atoms with Crippen LogP contribution >= 0.6 is 11.3 Å². The Kier molecular flexibility index (Phi) is 3.81. The van der Waals surface area contributed by atoms with E-state index in [9.17, 15) is 4.79 Å². The number of hydrogen-bond donors (Lipinski definition) is 2. The van der Waals surface area contributed by atoms with E-state index in [2.05, 4.69) is 32.4 Å². The van der Waals surface area contributed by atoms with Crippen LogP contribution in [-0.2, 0) is 4.79 Å². The van der Waals surface area contributed by atoms with Crippen molar-refractivity contribution in [3.05, 3.63) is 59.0 Å². The van der Waals surface area contributed by atoms with Crippen molar-refractivity contribution in [2.75, 3.05) is 18.4 Å². The number of benzene rings is 1. The van der Waals surface area contributed by atoms with Crippen LogP contribution in [0.25, 0.3) is 10.8 Å². The van der Waals surface area contributed by atoms with Crippen LogP contribution in [-0.4, -0.2) is 24.0 Å². The zero-order chi connectivity index (χ0) is 15.6. The van der Waals surface area contributed by atoms with Crippen molar-refractivity contribution in [3.63, 3.8) is 0 Å². The number of pyridine rings is 1. The minimum atomic E-state index is -0.0299. The van der Waals surface area contributed by atoms with Gasteiger partial charge in [-0.15, -0.1) is 0 Å². The largest absolute Gasteiger partial charge is 0.326 e. The van der Waals surface area contributed by atoms with Gasteiger partial charge in [0.15, 0.2) is 0 Å². The van der Waals surface area contributed by atoms with Crippen LogP contribution in [0.4, 0.5) is 5.69 Å².